The normalized spacial score (nSPS) is 17.5. The molecular formula is C27H17ClO7. The minimum Gasteiger partial charge on any atom is -0.507 e. The maximum Gasteiger partial charge on any atom is 0.340 e. The molecule has 2 aliphatic rings. The predicted octanol–water partition coefficient (Wildman–Crippen LogP) is 5.49. The van der Waals surface area contributed by atoms with Crippen molar-refractivity contribution in [2.45, 2.75) is 18.4 Å². The Morgan fingerprint density at radius 2 is 1.69 bits per heavy atom. The summed E-state index contributed by atoms with van der Waals surface area (Å²) >= 11 is 6.56. The largest absolute Gasteiger partial charge is 0.507 e. The van der Waals surface area contributed by atoms with Gasteiger partial charge < -0.3 is 24.8 Å². The van der Waals surface area contributed by atoms with Crippen LogP contribution in [0.1, 0.15) is 39.0 Å². The van der Waals surface area contributed by atoms with Crippen LogP contribution in [0.3, 0.4) is 0 Å². The molecule has 0 aliphatic carbocycles. The van der Waals surface area contributed by atoms with Crippen LogP contribution < -0.4 is 4.74 Å². The van der Waals surface area contributed by atoms with Crippen molar-refractivity contribution in [3.8, 4) is 23.0 Å². The van der Waals surface area contributed by atoms with Crippen molar-refractivity contribution in [1.82, 2.24) is 0 Å². The van der Waals surface area contributed by atoms with Crippen molar-refractivity contribution in [2.24, 2.45) is 0 Å². The second-order valence-electron chi connectivity index (χ2n) is 8.50. The number of esters is 1. The fourth-order valence-electron chi connectivity index (χ4n) is 5.09. The van der Waals surface area contributed by atoms with Gasteiger partial charge in [0.2, 0.25) is 0 Å². The lowest BCUT2D eigenvalue weighted by molar-refractivity contribution is -0.136. The Balaban J connectivity index is 1.76. The van der Waals surface area contributed by atoms with Crippen molar-refractivity contribution in [3.05, 3.63) is 93.5 Å². The fraction of sp³-hybridized carbons (Fsp3) is 0.111. The zero-order valence-electron chi connectivity index (χ0n) is 18.0. The molecule has 4 aromatic rings. The maximum absolute atomic E-state index is 13.1. The molecule has 0 bridgehead atoms. The van der Waals surface area contributed by atoms with Crippen LogP contribution >= 0.6 is 11.6 Å². The molecule has 1 atom stereocenters. The van der Waals surface area contributed by atoms with Gasteiger partial charge in [-0.3, -0.25) is 4.79 Å². The number of fused-ring (bicyclic) bond motifs is 8. The molecule has 0 saturated carbocycles. The Morgan fingerprint density at radius 1 is 0.971 bits per heavy atom. The molecule has 2 heterocycles. The number of aliphatic carboxylic acids is 1. The summed E-state index contributed by atoms with van der Waals surface area (Å²) in [6.45, 7) is 0. The van der Waals surface area contributed by atoms with Gasteiger partial charge in [-0.25, -0.2) is 4.79 Å². The number of aromatic hydroxyl groups is 2. The van der Waals surface area contributed by atoms with Crippen molar-refractivity contribution in [3.63, 3.8) is 0 Å². The highest BCUT2D eigenvalue weighted by Gasteiger charge is 2.55. The number of rotatable bonds is 3. The van der Waals surface area contributed by atoms with Crippen LogP contribution in [-0.4, -0.2) is 27.3 Å². The first kappa shape index (κ1) is 21.3. The number of carboxylic acids is 1. The Morgan fingerprint density at radius 3 is 2.46 bits per heavy atom. The zero-order valence-corrected chi connectivity index (χ0v) is 18.8. The Kier molecular flexibility index (Phi) is 4.50. The first-order valence-corrected chi connectivity index (χ1v) is 11.2. The number of carbonyl (C=O) groups excluding carboxylic acids is 1. The van der Waals surface area contributed by atoms with E-state index in [0.717, 1.165) is 0 Å². The third-order valence-electron chi connectivity index (χ3n) is 6.58. The van der Waals surface area contributed by atoms with Gasteiger partial charge in [-0.2, -0.15) is 0 Å². The molecule has 3 N–H and O–H groups in total. The molecule has 7 nitrogen and oxygen atoms in total. The summed E-state index contributed by atoms with van der Waals surface area (Å²) in [5, 5.41) is 31.7. The molecule has 0 amide bonds. The minimum atomic E-state index is -1.50. The van der Waals surface area contributed by atoms with E-state index in [1.54, 1.807) is 54.6 Å². The molecule has 0 fully saturated rings. The molecule has 4 aromatic carbocycles. The van der Waals surface area contributed by atoms with Crippen LogP contribution in [0.25, 0.3) is 10.8 Å². The van der Waals surface area contributed by atoms with Gasteiger partial charge in [0.1, 0.15) is 22.3 Å². The summed E-state index contributed by atoms with van der Waals surface area (Å²) in [6.07, 6.45) is -0.233. The summed E-state index contributed by atoms with van der Waals surface area (Å²) in [7, 11) is 0. The molecule has 2 aliphatic heterocycles. The van der Waals surface area contributed by atoms with Gasteiger partial charge in [0.15, 0.2) is 11.4 Å². The standard InChI is InChI=1S/C27H17ClO7/c28-23-24(32)13(9-10-21(30)31)11-18-25(23)34-20-12-19(29)14-5-1-2-6-15(14)22(20)27(18)17-8-4-3-7-16(17)26(33)35-27/h1-8,11-12,29,32H,9-10H2,(H,30,31). The van der Waals surface area contributed by atoms with E-state index < -0.39 is 17.5 Å². The number of hydrogen-bond donors (Lipinski definition) is 3. The third-order valence-corrected chi connectivity index (χ3v) is 6.94. The number of carboxylic acid groups (broad SMARTS) is 1. The first-order valence-electron chi connectivity index (χ1n) is 10.9. The molecule has 1 spiro atoms. The number of carbonyl (C=O) groups is 2. The van der Waals surface area contributed by atoms with E-state index in [0.29, 0.717) is 33.0 Å². The summed E-state index contributed by atoms with van der Waals surface area (Å²) < 4.78 is 12.3. The van der Waals surface area contributed by atoms with E-state index in [2.05, 4.69) is 0 Å². The predicted molar refractivity (Wildman–Crippen MR) is 126 cm³/mol. The average molecular weight is 489 g/mol. The van der Waals surface area contributed by atoms with Crippen LogP contribution in [0, 0.1) is 0 Å². The topological polar surface area (TPSA) is 113 Å². The SMILES string of the molecule is O=C(O)CCc1cc2c(c(Cl)c1O)Oc1cc(O)c3ccccc3c1C21OC(=O)c2ccccc21. The summed E-state index contributed by atoms with van der Waals surface area (Å²) in [5.74, 6) is -1.64. The lowest BCUT2D eigenvalue weighted by Crippen LogP contribution is -2.33. The number of phenolic OH excluding ortho intramolecular Hbond substituents is 2. The molecule has 0 aromatic heterocycles. The van der Waals surface area contributed by atoms with E-state index in [1.165, 1.54) is 6.07 Å². The molecule has 0 saturated heterocycles. The molecule has 0 radical (unpaired) electrons. The smallest absolute Gasteiger partial charge is 0.340 e. The van der Waals surface area contributed by atoms with E-state index in [4.69, 9.17) is 21.1 Å². The highest BCUT2D eigenvalue weighted by atomic mass is 35.5. The van der Waals surface area contributed by atoms with Crippen molar-refractivity contribution >= 4 is 34.3 Å². The van der Waals surface area contributed by atoms with Crippen molar-refractivity contribution in [1.29, 1.82) is 0 Å². The van der Waals surface area contributed by atoms with E-state index in [-0.39, 0.29) is 46.4 Å². The lowest BCUT2D eigenvalue weighted by atomic mass is 9.75. The zero-order chi connectivity index (χ0) is 24.5. The van der Waals surface area contributed by atoms with Crippen LogP contribution in [0.5, 0.6) is 23.0 Å². The quantitative estimate of drug-likeness (QED) is 0.327. The van der Waals surface area contributed by atoms with Gasteiger partial charge in [0.05, 0.1) is 11.1 Å². The Hall–Kier alpha value is -4.23. The average Bonchev–Trinajstić information content (AvgIpc) is 3.14. The minimum absolute atomic E-state index is 0.00300. The van der Waals surface area contributed by atoms with Gasteiger partial charge >= 0.3 is 11.9 Å². The van der Waals surface area contributed by atoms with Crippen molar-refractivity contribution in [2.75, 3.05) is 0 Å². The van der Waals surface area contributed by atoms with Gasteiger partial charge in [0.25, 0.3) is 0 Å². The third kappa shape index (κ3) is 2.85. The molecule has 8 heteroatoms. The van der Waals surface area contributed by atoms with Crippen LogP contribution in [-0.2, 0) is 21.6 Å². The van der Waals surface area contributed by atoms with E-state index >= 15 is 0 Å². The van der Waals surface area contributed by atoms with Crippen LogP contribution in [0.4, 0.5) is 0 Å². The van der Waals surface area contributed by atoms with E-state index in [9.17, 15) is 24.9 Å². The van der Waals surface area contributed by atoms with Crippen LogP contribution in [0.2, 0.25) is 5.02 Å². The molecular weight excluding hydrogens is 472 g/mol. The number of hydrogen-bond acceptors (Lipinski definition) is 6. The molecule has 6 rings (SSSR count). The number of ether oxygens (including phenoxy) is 2. The number of halogens is 1. The summed E-state index contributed by atoms with van der Waals surface area (Å²) in [5.41, 5.74) is 0.563. The summed E-state index contributed by atoms with van der Waals surface area (Å²) in [4.78, 5) is 24.4. The highest BCUT2D eigenvalue weighted by Crippen LogP contribution is 2.61. The van der Waals surface area contributed by atoms with Gasteiger partial charge in [-0.15, -0.1) is 0 Å². The molecule has 35 heavy (non-hydrogen) atoms. The second kappa shape index (κ2) is 7.38. The number of aryl methyl sites for hydroxylation is 1. The fourth-order valence-corrected chi connectivity index (χ4v) is 5.35. The van der Waals surface area contributed by atoms with Gasteiger partial charge in [-0.05, 0) is 29.5 Å². The Labute approximate surface area is 203 Å². The van der Waals surface area contributed by atoms with Gasteiger partial charge in [0, 0.05) is 29.0 Å². The highest BCUT2D eigenvalue weighted by molar-refractivity contribution is 6.34. The lowest BCUT2D eigenvalue weighted by Gasteiger charge is -2.38. The summed E-state index contributed by atoms with van der Waals surface area (Å²) in [6, 6.07) is 17.1. The van der Waals surface area contributed by atoms with Gasteiger partial charge in [-0.1, -0.05) is 54.1 Å². The first-order chi connectivity index (χ1) is 16.8. The second-order valence-corrected chi connectivity index (χ2v) is 8.88. The number of benzene rings is 4. The van der Waals surface area contributed by atoms with Crippen molar-refractivity contribution < 1.29 is 34.4 Å². The van der Waals surface area contributed by atoms with Crippen LogP contribution in [0.15, 0.2) is 60.7 Å². The maximum atomic E-state index is 13.1. The van der Waals surface area contributed by atoms with E-state index in [1.807, 2.05) is 0 Å². The molecule has 1 unspecified atom stereocenters. The molecule has 174 valence electrons. The number of phenols is 2. The monoisotopic (exact) mass is 488 g/mol. The Bertz CT molecular complexity index is 1590.